The average Bonchev–Trinajstić information content (AvgIpc) is 3.01. The van der Waals surface area contributed by atoms with E-state index in [1.54, 1.807) is 17.8 Å². The number of amides is 1. The van der Waals surface area contributed by atoms with Gasteiger partial charge in [0.25, 0.3) is 5.91 Å². The zero-order valence-electron chi connectivity index (χ0n) is 16.1. The number of amidine groups is 1. The normalized spacial score (nSPS) is 25.2. The molecule has 150 valence electrons. The van der Waals surface area contributed by atoms with Crippen LogP contribution in [0, 0.1) is 3.57 Å². The van der Waals surface area contributed by atoms with E-state index in [4.69, 9.17) is 4.99 Å². The zero-order chi connectivity index (χ0) is 19.5. The Bertz CT molecular complexity index is 796. The monoisotopic (exact) mass is 510 g/mol. The molecule has 1 aromatic rings. The number of carbonyl (C=O) groups excluding carboxylic acids is 1. The Balaban J connectivity index is 1.63. The molecule has 4 rings (SSSR count). The van der Waals surface area contributed by atoms with E-state index in [1.807, 2.05) is 23.1 Å². The summed E-state index contributed by atoms with van der Waals surface area (Å²) in [4.78, 5) is 21.1. The lowest BCUT2D eigenvalue weighted by Crippen LogP contribution is -2.41. The van der Waals surface area contributed by atoms with Crippen molar-refractivity contribution >= 4 is 51.5 Å². The molecule has 0 unspecified atom stereocenters. The minimum absolute atomic E-state index is 0.106. The van der Waals surface area contributed by atoms with Crippen LogP contribution >= 0.6 is 34.4 Å². The van der Waals surface area contributed by atoms with Crippen LogP contribution in [0.15, 0.2) is 28.1 Å². The maximum atomic E-state index is 13.3. The summed E-state index contributed by atoms with van der Waals surface area (Å²) in [6.07, 6.45) is 13.9. The fourth-order valence-electron chi connectivity index (χ4n) is 4.37. The Morgan fingerprint density at radius 1 is 1.07 bits per heavy atom. The molecule has 4 nitrogen and oxygen atoms in total. The first kappa shape index (κ1) is 20.3. The largest absolute Gasteiger partial charge is 0.507 e. The molecule has 0 bridgehead atoms. The molecule has 6 heteroatoms. The Labute approximate surface area is 185 Å². The molecule has 1 aromatic carbocycles. The minimum atomic E-state index is 0.106. The van der Waals surface area contributed by atoms with Crippen LogP contribution in [0.2, 0.25) is 0 Å². The summed E-state index contributed by atoms with van der Waals surface area (Å²) in [5.41, 5.74) is 0.945. The summed E-state index contributed by atoms with van der Waals surface area (Å²) in [6, 6.07) is 6.12. The molecule has 1 N–H and O–H groups in total. The van der Waals surface area contributed by atoms with E-state index >= 15 is 0 Å². The molecular formula is C22H27IN2O2S. The molecule has 3 aliphatic rings. The predicted octanol–water partition coefficient (Wildman–Crippen LogP) is 5.93. The van der Waals surface area contributed by atoms with Gasteiger partial charge in [-0.2, -0.15) is 0 Å². The third-order valence-electron chi connectivity index (χ3n) is 5.91. The standard InChI is InChI=1S/C22H27IN2O2S/c23-18-13-15(11-12-19(18)26)14-20-21(27)25(17-9-5-2-6-10-17)22(28-20)24-16-7-3-1-4-8-16/h11-14,16-17,26H,1-10H2/b20-14-,24-22?. The molecule has 1 heterocycles. The van der Waals surface area contributed by atoms with Gasteiger partial charge in [0.05, 0.1) is 14.5 Å². The maximum Gasteiger partial charge on any atom is 0.266 e. The van der Waals surface area contributed by atoms with Crippen molar-refractivity contribution in [3.8, 4) is 5.75 Å². The quantitative estimate of drug-likeness (QED) is 0.405. The van der Waals surface area contributed by atoms with Crippen molar-refractivity contribution in [3.05, 3.63) is 32.2 Å². The number of carbonyl (C=O) groups is 1. The van der Waals surface area contributed by atoms with E-state index in [-0.39, 0.29) is 11.7 Å². The van der Waals surface area contributed by atoms with E-state index in [0.29, 0.717) is 12.1 Å². The molecule has 1 amide bonds. The second kappa shape index (κ2) is 9.20. The van der Waals surface area contributed by atoms with Crippen molar-refractivity contribution in [2.45, 2.75) is 76.3 Å². The van der Waals surface area contributed by atoms with E-state index in [9.17, 15) is 9.90 Å². The number of aliphatic imine (C=N–C) groups is 1. The van der Waals surface area contributed by atoms with Crippen molar-refractivity contribution < 1.29 is 9.90 Å². The van der Waals surface area contributed by atoms with Crippen LogP contribution in [0.5, 0.6) is 5.75 Å². The molecule has 1 aliphatic heterocycles. The topological polar surface area (TPSA) is 52.9 Å². The van der Waals surface area contributed by atoms with Gasteiger partial charge in [0.1, 0.15) is 5.75 Å². The Morgan fingerprint density at radius 3 is 2.43 bits per heavy atom. The molecule has 0 aromatic heterocycles. The van der Waals surface area contributed by atoms with Gasteiger partial charge in [-0.25, -0.2) is 0 Å². The number of thioether (sulfide) groups is 1. The van der Waals surface area contributed by atoms with Crippen molar-refractivity contribution in [3.63, 3.8) is 0 Å². The van der Waals surface area contributed by atoms with Crippen molar-refractivity contribution in [2.75, 3.05) is 0 Å². The highest BCUT2D eigenvalue weighted by atomic mass is 127. The Kier molecular flexibility index (Phi) is 6.66. The number of hydrogen-bond donors (Lipinski definition) is 1. The molecule has 0 spiro atoms. The SMILES string of the molecule is O=C1/C(=C/c2ccc(O)c(I)c2)SC(=NC2CCCCC2)N1C1CCCCC1. The lowest BCUT2D eigenvalue weighted by atomic mass is 9.94. The highest BCUT2D eigenvalue weighted by Crippen LogP contribution is 2.38. The molecule has 2 aliphatic carbocycles. The summed E-state index contributed by atoms with van der Waals surface area (Å²) in [7, 11) is 0. The van der Waals surface area contributed by atoms with Gasteiger partial charge in [0, 0.05) is 6.04 Å². The number of benzene rings is 1. The minimum Gasteiger partial charge on any atom is -0.507 e. The summed E-state index contributed by atoms with van der Waals surface area (Å²) < 4.78 is 0.794. The number of rotatable bonds is 3. The number of halogens is 1. The molecule has 0 atom stereocenters. The summed E-state index contributed by atoms with van der Waals surface area (Å²) in [5.74, 6) is 0.381. The molecule has 28 heavy (non-hydrogen) atoms. The van der Waals surface area contributed by atoms with Crippen LogP contribution < -0.4 is 0 Å². The van der Waals surface area contributed by atoms with Crippen LogP contribution in [0.25, 0.3) is 6.08 Å². The first-order valence-corrected chi connectivity index (χ1v) is 12.3. The molecular weight excluding hydrogens is 483 g/mol. The fraction of sp³-hybridized carbons (Fsp3) is 0.545. The van der Waals surface area contributed by atoms with Crippen molar-refractivity contribution in [1.29, 1.82) is 0 Å². The number of phenolic OH excluding ortho intramolecular Hbond substituents is 1. The number of nitrogens with zero attached hydrogens (tertiary/aromatic N) is 2. The molecule has 2 saturated carbocycles. The van der Waals surface area contributed by atoms with Gasteiger partial charge in [-0.3, -0.25) is 14.7 Å². The smallest absolute Gasteiger partial charge is 0.266 e. The van der Waals surface area contributed by atoms with Gasteiger partial charge in [-0.15, -0.1) is 0 Å². The van der Waals surface area contributed by atoms with Crippen molar-refractivity contribution in [1.82, 2.24) is 4.90 Å². The average molecular weight is 510 g/mol. The number of aromatic hydroxyl groups is 1. The van der Waals surface area contributed by atoms with Crippen LogP contribution in [0.1, 0.15) is 69.8 Å². The number of hydrogen-bond acceptors (Lipinski definition) is 4. The maximum absolute atomic E-state index is 13.3. The predicted molar refractivity (Wildman–Crippen MR) is 124 cm³/mol. The third kappa shape index (κ3) is 4.58. The van der Waals surface area contributed by atoms with Gasteiger partial charge in [-0.1, -0.05) is 44.6 Å². The van der Waals surface area contributed by atoms with E-state index in [0.717, 1.165) is 44.9 Å². The molecule has 1 saturated heterocycles. The summed E-state index contributed by atoms with van der Waals surface area (Å²) in [5, 5.41) is 10.7. The van der Waals surface area contributed by atoms with Crippen LogP contribution in [-0.4, -0.2) is 33.2 Å². The first-order valence-electron chi connectivity index (χ1n) is 10.4. The summed E-state index contributed by atoms with van der Waals surface area (Å²) >= 11 is 3.66. The number of phenols is 1. The third-order valence-corrected chi connectivity index (χ3v) is 7.78. The Hall–Kier alpha value is -1.02. The van der Waals surface area contributed by atoms with Gasteiger partial charge >= 0.3 is 0 Å². The van der Waals surface area contributed by atoms with E-state index in [2.05, 4.69) is 22.6 Å². The summed E-state index contributed by atoms with van der Waals surface area (Å²) in [6.45, 7) is 0. The van der Waals surface area contributed by atoms with Gasteiger partial charge in [0.15, 0.2) is 5.17 Å². The van der Waals surface area contributed by atoms with E-state index < -0.39 is 0 Å². The van der Waals surface area contributed by atoms with Crippen LogP contribution in [0.3, 0.4) is 0 Å². The highest BCUT2D eigenvalue weighted by molar-refractivity contribution is 14.1. The van der Waals surface area contributed by atoms with E-state index in [1.165, 1.54) is 38.5 Å². The van der Waals surface area contributed by atoms with Crippen molar-refractivity contribution in [2.24, 2.45) is 4.99 Å². The second-order valence-corrected chi connectivity index (χ2v) is 10.2. The molecule has 3 fully saturated rings. The second-order valence-electron chi connectivity index (χ2n) is 7.99. The Morgan fingerprint density at radius 2 is 1.75 bits per heavy atom. The molecule has 0 radical (unpaired) electrons. The van der Waals surface area contributed by atoms with Gasteiger partial charge < -0.3 is 5.11 Å². The van der Waals surface area contributed by atoms with Crippen LogP contribution in [-0.2, 0) is 4.79 Å². The zero-order valence-corrected chi connectivity index (χ0v) is 19.0. The van der Waals surface area contributed by atoms with Crippen LogP contribution in [0.4, 0.5) is 0 Å². The first-order chi connectivity index (χ1) is 13.6. The highest BCUT2D eigenvalue weighted by Gasteiger charge is 2.39. The van der Waals surface area contributed by atoms with Gasteiger partial charge in [0.2, 0.25) is 0 Å². The lowest BCUT2D eigenvalue weighted by Gasteiger charge is -2.31. The lowest BCUT2D eigenvalue weighted by molar-refractivity contribution is -0.124. The fourth-order valence-corrected chi connectivity index (χ4v) is 6.02. The van der Waals surface area contributed by atoms with Gasteiger partial charge in [-0.05, 0) is 83.8 Å².